The second kappa shape index (κ2) is 7.28. The number of fused-ring (bicyclic) bond motifs is 1. The number of rotatable bonds is 4. The maximum Gasteiger partial charge on any atom is 0.317 e. The number of benzene rings is 1. The van der Waals surface area contributed by atoms with Crippen molar-refractivity contribution in [3.63, 3.8) is 0 Å². The van der Waals surface area contributed by atoms with E-state index in [-0.39, 0.29) is 18.2 Å². The molecule has 1 aromatic heterocycles. The van der Waals surface area contributed by atoms with Crippen LogP contribution in [0, 0.1) is 5.92 Å². The van der Waals surface area contributed by atoms with Crippen LogP contribution in [-0.4, -0.2) is 51.2 Å². The molecular formula is C20H27N3O3S. The molecule has 2 heterocycles. The topological polar surface area (TPSA) is 74.7 Å². The Kier molecular flexibility index (Phi) is 4.99. The van der Waals surface area contributed by atoms with Crippen molar-refractivity contribution in [2.24, 2.45) is 5.92 Å². The largest absolute Gasteiger partial charge is 0.486 e. The van der Waals surface area contributed by atoms with Crippen LogP contribution in [0.25, 0.3) is 10.1 Å². The van der Waals surface area contributed by atoms with E-state index in [9.17, 15) is 9.90 Å². The lowest BCUT2D eigenvalue weighted by molar-refractivity contribution is -0.00325. The number of carbonyl (C=O) groups is 1. The number of nitrogens with one attached hydrogen (secondary N) is 1. The van der Waals surface area contributed by atoms with Crippen LogP contribution in [-0.2, 0) is 0 Å². The molecule has 2 aromatic rings. The van der Waals surface area contributed by atoms with Crippen molar-refractivity contribution in [3.8, 4) is 5.75 Å². The fraction of sp³-hybridized carbons (Fsp3) is 0.600. The van der Waals surface area contributed by atoms with E-state index in [1.165, 1.54) is 11.5 Å². The van der Waals surface area contributed by atoms with Crippen LogP contribution in [0.4, 0.5) is 4.79 Å². The van der Waals surface area contributed by atoms with Crippen LogP contribution >= 0.6 is 11.5 Å². The highest BCUT2D eigenvalue weighted by molar-refractivity contribution is 7.13. The van der Waals surface area contributed by atoms with Gasteiger partial charge in [0.25, 0.3) is 0 Å². The molecule has 1 aliphatic carbocycles. The number of aromatic nitrogens is 1. The summed E-state index contributed by atoms with van der Waals surface area (Å²) in [6, 6.07) is 6.18. The monoisotopic (exact) mass is 389 g/mol. The molecule has 2 fully saturated rings. The minimum Gasteiger partial charge on any atom is -0.486 e. The first kappa shape index (κ1) is 18.5. The Labute approximate surface area is 163 Å². The summed E-state index contributed by atoms with van der Waals surface area (Å²) in [6.07, 6.45) is 5.65. The highest BCUT2D eigenvalue weighted by Crippen LogP contribution is 2.33. The highest BCUT2D eigenvalue weighted by Gasteiger charge is 2.35. The molecule has 6 nitrogen and oxygen atoms in total. The molecule has 0 spiro atoms. The third kappa shape index (κ3) is 4.04. The summed E-state index contributed by atoms with van der Waals surface area (Å²) < 4.78 is 11.4. The smallest absolute Gasteiger partial charge is 0.317 e. The molecule has 27 heavy (non-hydrogen) atoms. The van der Waals surface area contributed by atoms with Gasteiger partial charge in [0, 0.05) is 6.04 Å². The van der Waals surface area contributed by atoms with Gasteiger partial charge in [-0.15, -0.1) is 0 Å². The molecule has 1 saturated carbocycles. The van der Waals surface area contributed by atoms with Gasteiger partial charge in [-0.05, 0) is 69.1 Å². The molecule has 0 atom stereocenters. The van der Waals surface area contributed by atoms with Crippen molar-refractivity contribution < 1.29 is 14.6 Å². The van der Waals surface area contributed by atoms with Gasteiger partial charge < -0.3 is 20.1 Å². The van der Waals surface area contributed by atoms with Gasteiger partial charge in [0.1, 0.15) is 11.9 Å². The summed E-state index contributed by atoms with van der Waals surface area (Å²) in [5, 5.41) is 14.3. The number of ether oxygens (including phenoxy) is 1. The van der Waals surface area contributed by atoms with Crippen molar-refractivity contribution in [2.45, 2.75) is 57.3 Å². The minimum absolute atomic E-state index is 0.00281. The molecule has 1 aliphatic heterocycles. The Balaban J connectivity index is 1.23. The quantitative estimate of drug-likeness (QED) is 0.840. The fourth-order valence-corrected chi connectivity index (χ4v) is 4.70. The number of amides is 2. The molecule has 1 saturated heterocycles. The molecular weight excluding hydrogens is 362 g/mol. The summed E-state index contributed by atoms with van der Waals surface area (Å²) in [5.41, 5.74) is -0.627. The van der Waals surface area contributed by atoms with E-state index in [4.69, 9.17) is 4.74 Å². The Bertz CT molecular complexity index is 802. The Morgan fingerprint density at radius 2 is 2.04 bits per heavy atom. The van der Waals surface area contributed by atoms with Crippen molar-refractivity contribution in [1.29, 1.82) is 0 Å². The molecule has 2 aliphatic rings. The summed E-state index contributed by atoms with van der Waals surface area (Å²) in [6.45, 7) is 4.98. The maximum absolute atomic E-state index is 12.4. The lowest BCUT2D eigenvalue weighted by Gasteiger charge is -2.41. The zero-order chi connectivity index (χ0) is 19.0. The summed E-state index contributed by atoms with van der Waals surface area (Å²) in [7, 11) is 0. The second-order valence-electron chi connectivity index (χ2n) is 8.29. The van der Waals surface area contributed by atoms with Crippen LogP contribution in [0.1, 0.15) is 39.5 Å². The lowest BCUT2D eigenvalue weighted by atomic mass is 9.77. The molecule has 1 aromatic carbocycles. The molecule has 0 radical (unpaired) electrons. The molecule has 146 valence electrons. The molecule has 0 bridgehead atoms. The van der Waals surface area contributed by atoms with Crippen LogP contribution in [0.2, 0.25) is 0 Å². The van der Waals surface area contributed by atoms with Crippen LogP contribution < -0.4 is 10.1 Å². The van der Waals surface area contributed by atoms with E-state index in [0.717, 1.165) is 41.5 Å². The van der Waals surface area contributed by atoms with Crippen molar-refractivity contribution >= 4 is 27.6 Å². The average molecular weight is 390 g/mol. The van der Waals surface area contributed by atoms with Crippen LogP contribution in [0.15, 0.2) is 24.4 Å². The number of nitrogens with zero attached hydrogens (tertiary/aromatic N) is 2. The standard InChI is InChI=1S/C20H27N3O3S/c1-20(2,25)13-6-8-14(9-7-13)22-19(24)23-11-15(12-23)26-17-4-3-5-18-16(17)10-21-27-18/h3-5,10,13-15,25H,6-9,11-12H2,1-2H3,(H,22,24). The second-order valence-corrected chi connectivity index (χ2v) is 9.12. The number of carbonyl (C=O) groups excluding carboxylic acids is 1. The SMILES string of the molecule is CC(C)(O)C1CCC(NC(=O)N2CC(Oc3cccc4sncc34)C2)CC1. The molecule has 7 heteroatoms. The number of urea groups is 1. The third-order valence-corrected chi connectivity index (χ3v) is 6.61. The summed E-state index contributed by atoms with van der Waals surface area (Å²) in [4.78, 5) is 14.2. The Morgan fingerprint density at radius 1 is 1.30 bits per heavy atom. The minimum atomic E-state index is -0.627. The van der Waals surface area contributed by atoms with Gasteiger partial charge in [-0.2, -0.15) is 4.37 Å². The van der Waals surface area contributed by atoms with Crippen molar-refractivity contribution in [3.05, 3.63) is 24.4 Å². The summed E-state index contributed by atoms with van der Waals surface area (Å²) >= 11 is 1.46. The molecule has 2 N–H and O–H groups in total. The van der Waals surface area contributed by atoms with E-state index in [1.807, 2.05) is 38.2 Å². The fourth-order valence-electron chi connectivity index (χ4n) is 4.04. The van der Waals surface area contributed by atoms with Crippen LogP contribution in [0.5, 0.6) is 5.75 Å². The van der Waals surface area contributed by atoms with E-state index >= 15 is 0 Å². The van der Waals surface area contributed by atoms with Gasteiger partial charge in [-0.3, -0.25) is 0 Å². The van der Waals surface area contributed by atoms with E-state index in [2.05, 4.69) is 9.69 Å². The maximum atomic E-state index is 12.4. The zero-order valence-electron chi connectivity index (χ0n) is 15.9. The van der Waals surface area contributed by atoms with Gasteiger partial charge >= 0.3 is 6.03 Å². The zero-order valence-corrected chi connectivity index (χ0v) is 16.7. The van der Waals surface area contributed by atoms with Gasteiger partial charge in [0.2, 0.25) is 0 Å². The average Bonchev–Trinajstić information content (AvgIpc) is 3.06. The van der Waals surface area contributed by atoms with Gasteiger partial charge in [0.05, 0.1) is 35.0 Å². The first-order chi connectivity index (χ1) is 12.9. The molecule has 2 amide bonds. The van der Waals surface area contributed by atoms with Gasteiger partial charge in [-0.25, -0.2) is 4.79 Å². The molecule has 0 unspecified atom stereocenters. The van der Waals surface area contributed by atoms with E-state index in [0.29, 0.717) is 19.0 Å². The lowest BCUT2D eigenvalue weighted by Crippen LogP contribution is -2.60. The molecule has 4 rings (SSSR count). The van der Waals surface area contributed by atoms with Crippen LogP contribution in [0.3, 0.4) is 0 Å². The van der Waals surface area contributed by atoms with E-state index in [1.54, 1.807) is 4.90 Å². The predicted octanol–water partition coefficient (Wildman–Crippen LogP) is 3.40. The third-order valence-electron chi connectivity index (χ3n) is 5.84. The van der Waals surface area contributed by atoms with Gasteiger partial charge in [0.15, 0.2) is 0 Å². The first-order valence-electron chi connectivity index (χ1n) is 9.68. The Hall–Kier alpha value is -1.86. The summed E-state index contributed by atoms with van der Waals surface area (Å²) in [5.74, 6) is 1.16. The Morgan fingerprint density at radius 3 is 2.74 bits per heavy atom. The van der Waals surface area contributed by atoms with Gasteiger partial charge in [-0.1, -0.05) is 6.07 Å². The number of hydrogen-bond acceptors (Lipinski definition) is 5. The number of aliphatic hydroxyl groups is 1. The van der Waals surface area contributed by atoms with Crippen molar-refractivity contribution in [1.82, 2.24) is 14.6 Å². The number of hydrogen-bond donors (Lipinski definition) is 2. The number of likely N-dealkylation sites (tertiary alicyclic amines) is 1. The first-order valence-corrected chi connectivity index (χ1v) is 10.5. The van der Waals surface area contributed by atoms with E-state index < -0.39 is 5.60 Å². The predicted molar refractivity (Wildman–Crippen MR) is 106 cm³/mol. The van der Waals surface area contributed by atoms with Crippen molar-refractivity contribution in [2.75, 3.05) is 13.1 Å². The normalized spacial score (nSPS) is 23.9. The highest BCUT2D eigenvalue weighted by atomic mass is 32.1.